The first-order chi connectivity index (χ1) is 11.1. The smallest absolute Gasteiger partial charge is 0.162 e. The van der Waals surface area contributed by atoms with Crippen LogP contribution in [0.5, 0.6) is 5.75 Å². The molecule has 2 aromatic carbocycles. The summed E-state index contributed by atoms with van der Waals surface area (Å²) in [7, 11) is 6.01. The molecule has 2 rings (SSSR count). The van der Waals surface area contributed by atoms with Crippen LogP contribution in [-0.2, 0) is 0 Å². The second kappa shape index (κ2) is 8.67. The SMILES string of the molecule is COc1ccc([C@@H](C[NH2+]C[C@H](O)c2ccccc2)[NH+](C)C)cc1. The maximum Gasteiger partial charge on any atom is 0.162 e. The van der Waals surface area contributed by atoms with Crippen LogP contribution in [0.2, 0.25) is 0 Å². The predicted octanol–water partition coefficient (Wildman–Crippen LogP) is 0.178. The Bertz CT molecular complexity index is 570. The molecular formula is C19H28N2O2+2. The molecule has 4 nitrogen and oxygen atoms in total. The Kier molecular flexibility index (Phi) is 6.59. The monoisotopic (exact) mass is 316 g/mol. The summed E-state index contributed by atoms with van der Waals surface area (Å²) < 4.78 is 5.22. The minimum absolute atomic E-state index is 0.379. The summed E-state index contributed by atoms with van der Waals surface area (Å²) in [6, 6.07) is 18.5. The van der Waals surface area contributed by atoms with Crippen LogP contribution >= 0.6 is 0 Å². The van der Waals surface area contributed by atoms with Crippen molar-refractivity contribution in [3.8, 4) is 5.75 Å². The number of quaternary nitrogens is 2. The topological polar surface area (TPSA) is 50.5 Å². The maximum absolute atomic E-state index is 10.3. The molecule has 0 radical (unpaired) electrons. The molecule has 2 atom stereocenters. The average Bonchev–Trinajstić information content (AvgIpc) is 2.59. The minimum atomic E-state index is -0.426. The number of rotatable bonds is 8. The zero-order chi connectivity index (χ0) is 16.7. The van der Waals surface area contributed by atoms with E-state index < -0.39 is 6.10 Å². The Labute approximate surface area is 138 Å². The number of benzene rings is 2. The van der Waals surface area contributed by atoms with E-state index in [1.165, 1.54) is 10.5 Å². The first kappa shape index (κ1) is 17.5. The molecule has 0 bridgehead atoms. The van der Waals surface area contributed by atoms with E-state index >= 15 is 0 Å². The highest BCUT2D eigenvalue weighted by Crippen LogP contribution is 2.15. The van der Waals surface area contributed by atoms with Crippen LogP contribution < -0.4 is 15.0 Å². The Morgan fingerprint density at radius 3 is 2.17 bits per heavy atom. The van der Waals surface area contributed by atoms with E-state index in [4.69, 9.17) is 4.74 Å². The highest BCUT2D eigenvalue weighted by atomic mass is 16.5. The van der Waals surface area contributed by atoms with Gasteiger partial charge in [-0.15, -0.1) is 0 Å². The van der Waals surface area contributed by atoms with Gasteiger partial charge < -0.3 is 20.1 Å². The highest BCUT2D eigenvalue weighted by Gasteiger charge is 2.20. The van der Waals surface area contributed by atoms with Crippen LogP contribution in [0.15, 0.2) is 54.6 Å². The number of ether oxygens (including phenoxy) is 1. The molecule has 0 fully saturated rings. The molecule has 0 heterocycles. The van der Waals surface area contributed by atoms with E-state index in [0.29, 0.717) is 12.6 Å². The predicted molar refractivity (Wildman–Crippen MR) is 91.6 cm³/mol. The lowest BCUT2D eigenvalue weighted by molar-refractivity contribution is -0.909. The Morgan fingerprint density at radius 2 is 1.61 bits per heavy atom. The standard InChI is InChI=1S/C19H26N2O2/c1-21(2)18(15-9-11-17(23-3)12-10-15)13-20-14-19(22)16-7-5-4-6-8-16/h4-12,18-20,22H,13-14H2,1-3H3/p+2/t18-,19+/m1/s1. The molecule has 124 valence electrons. The quantitative estimate of drug-likeness (QED) is 0.651. The third kappa shape index (κ3) is 5.06. The van der Waals surface area contributed by atoms with Gasteiger partial charge in [0.15, 0.2) is 6.04 Å². The van der Waals surface area contributed by atoms with Crippen LogP contribution in [0, 0.1) is 0 Å². The van der Waals surface area contributed by atoms with Crippen molar-refractivity contribution in [3.63, 3.8) is 0 Å². The fraction of sp³-hybridized carbons (Fsp3) is 0.368. The molecule has 0 amide bonds. The number of hydrogen-bond donors (Lipinski definition) is 3. The summed E-state index contributed by atoms with van der Waals surface area (Å²) >= 11 is 0. The van der Waals surface area contributed by atoms with Gasteiger partial charge >= 0.3 is 0 Å². The van der Waals surface area contributed by atoms with Crippen molar-refractivity contribution >= 4 is 0 Å². The molecular weight excluding hydrogens is 288 g/mol. The highest BCUT2D eigenvalue weighted by molar-refractivity contribution is 5.28. The molecule has 0 aromatic heterocycles. The van der Waals surface area contributed by atoms with Crippen molar-refractivity contribution in [3.05, 3.63) is 65.7 Å². The number of hydrogen-bond acceptors (Lipinski definition) is 2. The van der Waals surface area contributed by atoms with Crippen molar-refractivity contribution in [2.45, 2.75) is 12.1 Å². The lowest BCUT2D eigenvalue weighted by Crippen LogP contribution is -3.09. The number of aliphatic hydroxyl groups is 1. The molecule has 2 aromatic rings. The fourth-order valence-corrected chi connectivity index (χ4v) is 2.77. The molecule has 0 aliphatic heterocycles. The summed E-state index contributed by atoms with van der Waals surface area (Å²) in [5.41, 5.74) is 2.26. The zero-order valence-electron chi connectivity index (χ0n) is 14.2. The van der Waals surface area contributed by atoms with Gasteiger partial charge in [-0.05, 0) is 29.8 Å². The Hall–Kier alpha value is -1.88. The van der Waals surface area contributed by atoms with Crippen LogP contribution in [0.1, 0.15) is 23.3 Å². The summed E-state index contributed by atoms with van der Waals surface area (Å²) in [4.78, 5) is 1.38. The number of methoxy groups -OCH3 is 1. The van der Waals surface area contributed by atoms with Crippen molar-refractivity contribution in [2.75, 3.05) is 34.3 Å². The van der Waals surface area contributed by atoms with Crippen LogP contribution in [0.3, 0.4) is 0 Å². The number of nitrogens with two attached hydrogens (primary N) is 1. The molecule has 4 heteroatoms. The van der Waals surface area contributed by atoms with Crippen molar-refractivity contribution in [2.24, 2.45) is 0 Å². The second-order valence-corrected chi connectivity index (χ2v) is 6.09. The molecule has 4 N–H and O–H groups in total. The molecule has 0 spiro atoms. The van der Waals surface area contributed by atoms with Gasteiger partial charge in [0.05, 0.1) is 21.2 Å². The third-order valence-electron chi connectivity index (χ3n) is 4.19. The van der Waals surface area contributed by atoms with Gasteiger partial charge in [0, 0.05) is 5.56 Å². The second-order valence-electron chi connectivity index (χ2n) is 6.09. The average molecular weight is 316 g/mol. The van der Waals surface area contributed by atoms with Gasteiger partial charge in [-0.2, -0.15) is 0 Å². The van der Waals surface area contributed by atoms with E-state index in [2.05, 4.69) is 31.5 Å². The molecule has 0 aliphatic carbocycles. The molecule has 0 aliphatic rings. The number of likely N-dealkylation sites (N-methyl/N-ethyl adjacent to an activating group) is 1. The van der Waals surface area contributed by atoms with Gasteiger partial charge in [0.2, 0.25) is 0 Å². The lowest BCUT2D eigenvalue weighted by Gasteiger charge is -2.21. The summed E-state index contributed by atoms with van der Waals surface area (Å²) in [6.07, 6.45) is -0.426. The molecule has 0 unspecified atom stereocenters. The van der Waals surface area contributed by atoms with Gasteiger partial charge in [-0.3, -0.25) is 0 Å². The fourth-order valence-electron chi connectivity index (χ4n) is 2.77. The van der Waals surface area contributed by atoms with Gasteiger partial charge in [0.1, 0.15) is 24.9 Å². The van der Waals surface area contributed by atoms with Crippen molar-refractivity contribution in [1.29, 1.82) is 0 Å². The Morgan fingerprint density at radius 1 is 0.957 bits per heavy atom. The minimum Gasteiger partial charge on any atom is -0.497 e. The van der Waals surface area contributed by atoms with Gasteiger partial charge in [-0.25, -0.2) is 0 Å². The molecule has 23 heavy (non-hydrogen) atoms. The summed E-state index contributed by atoms with van der Waals surface area (Å²) in [5.74, 6) is 0.879. The molecule has 0 saturated heterocycles. The summed E-state index contributed by atoms with van der Waals surface area (Å²) in [6.45, 7) is 1.60. The van der Waals surface area contributed by atoms with Crippen LogP contribution in [-0.4, -0.2) is 39.4 Å². The number of nitrogens with one attached hydrogen (secondary N) is 1. The zero-order valence-corrected chi connectivity index (χ0v) is 14.2. The third-order valence-corrected chi connectivity index (χ3v) is 4.19. The molecule has 0 saturated carbocycles. The van der Waals surface area contributed by atoms with E-state index in [1.807, 2.05) is 42.5 Å². The first-order valence-corrected chi connectivity index (χ1v) is 8.10. The van der Waals surface area contributed by atoms with Crippen molar-refractivity contribution < 1.29 is 20.1 Å². The first-order valence-electron chi connectivity index (χ1n) is 8.10. The van der Waals surface area contributed by atoms with E-state index in [1.54, 1.807) is 7.11 Å². The van der Waals surface area contributed by atoms with E-state index in [9.17, 15) is 5.11 Å². The summed E-state index contributed by atoms with van der Waals surface area (Å²) in [5, 5.41) is 12.5. The number of aliphatic hydroxyl groups excluding tert-OH is 1. The van der Waals surface area contributed by atoms with E-state index in [-0.39, 0.29) is 0 Å². The van der Waals surface area contributed by atoms with Crippen LogP contribution in [0.4, 0.5) is 0 Å². The van der Waals surface area contributed by atoms with E-state index in [0.717, 1.165) is 17.9 Å². The van der Waals surface area contributed by atoms with Gasteiger partial charge in [0.25, 0.3) is 0 Å². The Balaban J connectivity index is 1.92. The lowest BCUT2D eigenvalue weighted by atomic mass is 10.1. The van der Waals surface area contributed by atoms with Crippen molar-refractivity contribution in [1.82, 2.24) is 0 Å². The normalized spacial score (nSPS) is 13.8. The van der Waals surface area contributed by atoms with Gasteiger partial charge in [-0.1, -0.05) is 30.3 Å². The largest absolute Gasteiger partial charge is 0.497 e. The maximum atomic E-state index is 10.3. The van der Waals surface area contributed by atoms with Crippen LogP contribution in [0.25, 0.3) is 0 Å².